The topological polar surface area (TPSA) is 350 Å². The standard InChI is InChI=1S/C23H43NO2S.2C21H41NOS.C19H39N.C11H18BrN3O3.C8H9NO5S.H3NO/c1-21(25)27-20-23(26)24-22-18-16-14-12-10-8-6-4-2-3-5-7-9-11-13-15-17-19-22;2*23-21(19-24)22-20-17-15-13-11-9-7-5-3-1-2-4-6-8-10-12-14-16-18-20;20-19-17-15-13-11-9-7-5-3-1-2-4-6-8-10-12-14-16-18-19;1-2-8(11(13)18)15-6-7(3-10(15)17)5-14-9(16)4-12;1-5(10)15-4-8(13)14-9-6(11)2-3-7(9)12;1-2/h22H,2-20H2,1H3,(H,24,26);2*20,24H,1-19H2,(H,22,23);19H,1-18,20H2;7-8H,2-6H2,1H3,(H2,13,18)(H,14,16);2-4H2,1H3;2H,1H2/t;;;;7?,8-;;/m....1../s1. The lowest BCUT2D eigenvalue weighted by atomic mass is 10.00. The van der Waals surface area contributed by atoms with E-state index in [2.05, 4.69) is 73.2 Å². The molecule has 27 heteroatoms. The Bertz CT molecular complexity index is 2640. The highest BCUT2D eigenvalue weighted by Crippen LogP contribution is 2.26. The molecule has 0 bridgehead atoms. The number of nitrogens with one attached hydrogen (secondary N) is 4. The second-order valence-corrected chi connectivity index (χ2v) is 41.3. The molecule has 11 N–H and O–H groups in total. The van der Waals surface area contributed by atoms with Gasteiger partial charge in [-0.1, -0.05) is 457 Å². The van der Waals surface area contributed by atoms with E-state index < -0.39 is 29.7 Å². The van der Waals surface area contributed by atoms with E-state index in [9.17, 15) is 52.7 Å². The number of carbonyl (C=O) groups excluding carboxylic acids is 11. The predicted octanol–water partition coefficient (Wildman–Crippen LogP) is 24.8. The maximum atomic E-state index is 12.1. The van der Waals surface area contributed by atoms with Crippen LogP contribution in [0.4, 0.5) is 0 Å². The van der Waals surface area contributed by atoms with Crippen LogP contribution in [-0.2, 0) is 57.6 Å². The number of thiol groups is 2. The average Bonchev–Trinajstić information content (AvgIpc) is 1.70. The Morgan fingerprint density at radius 2 is 0.623 bits per heavy atom. The van der Waals surface area contributed by atoms with Gasteiger partial charge in [-0.05, 0) is 57.8 Å². The zero-order chi connectivity index (χ0) is 95.6. The minimum absolute atomic E-state index is 0.0191. The molecule has 6 rings (SSSR count). The van der Waals surface area contributed by atoms with Crippen molar-refractivity contribution in [3.05, 3.63) is 0 Å². The molecule has 2 heterocycles. The summed E-state index contributed by atoms with van der Waals surface area (Å²) in [5, 5.41) is 19.3. The van der Waals surface area contributed by atoms with Crippen molar-refractivity contribution < 1.29 is 62.8 Å². The number of primary amides is 1. The summed E-state index contributed by atoms with van der Waals surface area (Å²) in [5.41, 5.74) is 11.5. The molecule has 0 aromatic rings. The number of rotatable bonds is 16. The number of nitrogens with zero attached hydrogens (tertiary/aromatic N) is 2. The van der Waals surface area contributed by atoms with Crippen molar-refractivity contribution in [2.75, 3.05) is 41.4 Å². The highest BCUT2D eigenvalue weighted by atomic mass is 79.9. The summed E-state index contributed by atoms with van der Waals surface area (Å²) in [7, 11) is 0. The average molecular weight is 1970 g/mol. The third kappa shape index (κ3) is 81.7. The van der Waals surface area contributed by atoms with E-state index in [0.29, 0.717) is 66.7 Å². The lowest BCUT2D eigenvalue weighted by molar-refractivity contribution is -0.195. The van der Waals surface area contributed by atoms with Crippen LogP contribution in [0.1, 0.15) is 509 Å². The van der Waals surface area contributed by atoms with E-state index >= 15 is 0 Å². The largest absolute Gasteiger partial charge is 0.368 e. The van der Waals surface area contributed by atoms with Crippen molar-refractivity contribution in [2.24, 2.45) is 23.3 Å². The molecule has 2 saturated heterocycles. The molecular formula is C103H194BrN9O13S4. The van der Waals surface area contributed by atoms with Gasteiger partial charge in [0, 0.05) is 76.3 Å². The first kappa shape index (κ1) is 127. The van der Waals surface area contributed by atoms with Gasteiger partial charge in [-0.3, -0.25) is 47.9 Å². The van der Waals surface area contributed by atoms with Crippen molar-refractivity contribution in [1.82, 2.24) is 31.2 Å². The van der Waals surface area contributed by atoms with Crippen molar-refractivity contribution in [1.29, 1.82) is 0 Å². The van der Waals surface area contributed by atoms with Gasteiger partial charge in [0.1, 0.15) is 11.8 Å². The van der Waals surface area contributed by atoms with Crippen LogP contribution in [0, 0.1) is 5.92 Å². The number of halogens is 1. The van der Waals surface area contributed by atoms with Crippen LogP contribution in [0.2, 0.25) is 0 Å². The van der Waals surface area contributed by atoms with Crippen LogP contribution in [0.25, 0.3) is 0 Å². The maximum Gasteiger partial charge on any atom is 0.343 e. The first-order valence-electron chi connectivity index (χ1n) is 53.1. The monoisotopic (exact) mass is 1970 g/mol. The summed E-state index contributed by atoms with van der Waals surface area (Å²) in [6, 6.07) is 1.01. The summed E-state index contributed by atoms with van der Waals surface area (Å²) in [6.07, 6.45) is 99.5. The zero-order valence-corrected chi connectivity index (χ0v) is 87.7. The molecule has 0 radical (unpaired) electrons. The number of likely N-dealkylation sites (tertiary alicyclic amines) is 1. The van der Waals surface area contributed by atoms with Gasteiger partial charge < -0.3 is 47.7 Å². The third-order valence-corrected chi connectivity index (χ3v) is 28.6. The van der Waals surface area contributed by atoms with Gasteiger partial charge in [0.05, 0.1) is 22.6 Å². The fourth-order valence-corrected chi connectivity index (χ4v) is 19.3. The summed E-state index contributed by atoms with van der Waals surface area (Å²) in [5.74, 6) is 1.99. The molecular weight excluding hydrogens is 1780 g/mol. The van der Waals surface area contributed by atoms with Crippen molar-refractivity contribution >= 4 is 128 Å². The van der Waals surface area contributed by atoms with Gasteiger partial charge in [0.2, 0.25) is 35.4 Å². The number of imide groups is 1. The number of carbonyl (C=O) groups is 11. The Morgan fingerprint density at radius 1 is 0.385 bits per heavy atom. The Morgan fingerprint density at radius 3 is 0.854 bits per heavy atom. The van der Waals surface area contributed by atoms with Crippen LogP contribution < -0.4 is 38.6 Å². The third-order valence-electron chi connectivity index (χ3n) is 25.9. The Balaban J connectivity index is 0.00000154. The normalized spacial score (nSPS) is 21.0. The fraction of sp³-hybridized carbons (Fsp3) is 0.893. The highest BCUT2D eigenvalue weighted by Gasteiger charge is 2.36. The SMILES string of the molecule is CC(=O)SCC(=O)NC1CCCCCCCCCCCCCCCCCC1.CC(=O)SCC(=O)ON1C(=O)CCC1=O.CC[C@H](C(N)=O)N1CC(CNC(=O)CBr)CC1=O.NC1CCCCCCCCCCCCCCCCCC1.NO.O=C(CS)NC1CCCCCCCCCCCCCCCCCC1.O=C(CS)NC1CCCCCCCCCCCCCCCCCC1. The number of hydrogen-bond donors (Lipinski definition) is 10. The van der Waals surface area contributed by atoms with Crippen LogP contribution in [0.5, 0.6) is 0 Å². The summed E-state index contributed by atoms with van der Waals surface area (Å²) >= 11 is 13.1. The van der Waals surface area contributed by atoms with Gasteiger partial charge in [0.15, 0.2) is 10.2 Å². The van der Waals surface area contributed by atoms with E-state index in [4.69, 9.17) is 16.7 Å². The number of hydrogen-bond acceptors (Lipinski definition) is 19. The second kappa shape index (κ2) is 94.5. The number of alkyl halides is 1. The van der Waals surface area contributed by atoms with Crippen molar-refractivity contribution in [2.45, 2.75) is 539 Å². The van der Waals surface area contributed by atoms with E-state index in [-0.39, 0.29) is 75.4 Å². The molecule has 0 aromatic carbocycles. The number of nitrogens with two attached hydrogens (primary N) is 3. The molecule has 2 atom stereocenters. The number of amides is 8. The van der Waals surface area contributed by atoms with Gasteiger partial charge in [-0.2, -0.15) is 25.3 Å². The molecule has 2 aliphatic heterocycles. The van der Waals surface area contributed by atoms with Crippen molar-refractivity contribution in [3.63, 3.8) is 0 Å². The lowest BCUT2D eigenvalue weighted by Crippen LogP contribution is -2.45. The molecule has 0 aromatic heterocycles. The smallest absolute Gasteiger partial charge is 0.343 e. The van der Waals surface area contributed by atoms with Crippen molar-refractivity contribution in [3.8, 4) is 0 Å². The highest BCUT2D eigenvalue weighted by molar-refractivity contribution is 9.09. The number of thioether (sulfide) groups is 2. The van der Waals surface area contributed by atoms with Crippen LogP contribution in [0.3, 0.4) is 0 Å². The van der Waals surface area contributed by atoms with Gasteiger partial charge >= 0.3 is 5.97 Å². The second-order valence-electron chi connectivity index (χ2n) is 37.8. The van der Waals surface area contributed by atoms with Crippen LogP contribution >= 0.6 is 64.7 Å². The van der Waals surface area contributed by atoms with Crippen LogP contribution in [-0.4, -0.2) is 150 Å². The van der Waals surface area contributed by atoms with Crippen LogP contribution in [0.15, 0.2) is 0 Å². The molecule has 6 aliphatic rings. The Kier molecular flexibility index (Phi) is 92.0. The summed E-state index contributed by atoms with van der Waals surface area (Å²) in [4.78, 5) is 130. The molecule has 1 unspecified atom stereocenters. The quantitative estimate of drug-likeness (QED) is 0.0297. The fourth-order valence-electron chi connectivity index (χ4n) is 18.1. The van der Waals surface area contributed by atoms with E-state index in [0.717, 1.165) is 62.0 Å². The minimum Gasteiger partial charge on any atom is -0.368 e. The molecule has 4 saturated carbocycles. The Labute approximate surface area is 820 Å². The molecule has 130 heavy (non-hydrogen) atoms. The summed E-state index contributed by atoms with van der Waals surface area (Å²) in [6.45, 7) is 5.58. The minimum atomic E-state index is -0.779. The van der Waals surface area contributed by atoms with E-state index in [1.165, 1.54) is 443 Å². The van der Waals surface area contributed by atoms with Gasteiger partial charge in [-0.25, -0.2) is 10.7 Å². The lowest BCUT2D eigenvalue weighted by Gasteiger charge is -2.24. The number of hydroxylamine groups is 2. The maximum absolute atomic E-state index is 12.1. The first-order chi connectivity index (χ1) is 63.2. The summed E-state index contributed by atoms with van der Waals surface area (Å²) < 4.78 is 0. The molecule has 4 aliphatic carbocycles. The molecule has 22 nitrogen and oxygen atoms in total. The molecule has 760 valence electrons. The molecule has 0 spiro atoms. The predicted molar refractivity (Wildman–Crippen MR) is 553 cm³/mol. The van der Waals surface area contributed by atoms with E-state index in [1.807, 2.05) is 6.92 Å². The Hall–Kier alpha value is -3.47. The first-order valence-corrected chi connectivity index (χ1v) is 57.4. The molecule has 8 amide bonds. The molecule has 6 fully saturated rings. The van der Waals surface area contributed by atoms with Gasteiger partial charge in [0.25, 0.3) is 11.8 Å². The van der Waals surface area contributed by atoms with Gasteiger partial charge in [-0.15, -0.1) is 5.06 Å². The van der Waals surface area contributed by atoms with E-state index in [1.54, 1.807) is 0 Å². The zero-order valence-electron chi connectivity index (χ0n) is 82.7.